The lowest BCUT2D eigenvalue weighted by Crippen LogP contribution is -2.67. The second kappa shape index (κ2) is 4.64. The lowest BCUT2D eigenvalue weighted by atomic mass is 9.78. The molecule has 2 nitrogen and oxygen atoms in total. The molecule has 0 N–H and O–H groups in total. The van der Waals surface area contributed by atoms with Gasteiger partial charge in [-0.2, -0.15) is 0 Å². The molecule has 0 amide bonds. The monoisotopic (exact) mass is 234 g/mol. The van der Waals surface area contributed by atoms with Crippen LogP contribution in [0.5, 0.6) is 0 Å². The van der Waals surface area contributed by atoms with E-state index >= 15 is 0 Å². The van der Waals surface area contributed by atoms with Crippen LogP contribution < -0.4 is 0 Å². The summed E-state index contributed by atoms with van der Waals surface area (Å²) in [5.74, 6) is 0. The van der Waals surface area contributed by atoms with E-state index in [9.17, 15) is 0 Å². The summed E-state index contributed by atoms with van der Waals surface area (Å²) in [6, 6.07) is 3.10. The Kier molecular flexibility index (Phi) is 3.16. The van der Waals surface area contributed by atoms with E-state index in [1.54, 1.807) is 0 Å². The number of hydrogen-bond donors (Lipinski definition) is 0. The highest BCUT2D eigenvalue weighted by Crippen LogP contribution is 2.39. The van der Waals surface area contributed by atoms with Gasteiger partial charge in [0.05, 0.1) is 0 Å². The molecule has 3 rings (SSSR count). The summed E-state index contributed by atoms with van der Waals surface area (Å²) in [4.78, 5) is 5.38. The molecule has 0 aromatic heterocycles. The number of fused-ring (bicyclic) bond motifs is 2. The molecular formula is C15H26N2. The van der Waals surface area contributed by atoms with E-state index in [-0.39, 0.29) is 0 Å². The van der Waals surface area contributed by atoms with Gasteiger partial charge in [-0.05, 0) is 38.9 Å². The number of hydrogen-bond acceptors (Lipinski definition) is 2. The smallest absolute Gasteiger partial charge is 0.0443 e. The molecular weight excluding hydrogens is 208 g/mol. The van der Waals surface area contributed by atoms with Crippen LogP contribution in [0.2, 0.25) is 0 Å². The molecule has 4 atom stereocenters. The molecule has 96 valence electrons. The number of piperazine rings is 1. The Hall–Kier alpha value is -0.500. The van der Waals surface area contributed by atoms with Crippen LogP contribution >= 0.6 is 0 Å². The third-order valence-electron chi connectivity index (χ3n) is 5.41. The Balaban J connectivity index is 1.87. The standard InChI is InChI=1S/C15H26N2/c1-3-17-14-10-6-4-8-12(14)16(2)13-9-5-7-11-15(13)17/h3,12-15H,1,4-11H2,2H3. The third-order valence-corrected chi connectivity index (χ3v) is 5.41. The second-order valence-electron chi connectivity index (χ2n) is 6.13. The van der Waals surface area contributed by atoms with Crippen LogP contribution in [0.4, 0.5) is 0 Å². The zero-order chi connectivity index (χ0) is 11.8. The van der Waals surface area contributed by atoms with Crippen molar-refractivity contribution in [3.8, 4) is 0 Å². The molecule has 3 aliphatic rings. The molecule has 2 heteroatoms. The molecule has 4 unspecified atom stereocenters. The van der Waals surface area contributed by atoms with Gasteiger partial charge in [-0.15, -0.1) is 0 Å². The highest BCUT2D eigenvalue weighted by Gasteiger charge is 2.45. The van der Waals surface area contributed by atoms with Gasteiger partial charge >= 0.3 is 0 Å². The lowest BCUT2D eigenvalue weighted by molar-refractivity contribution is -0.0582. The van der Waals surface area contributed by atoms with E-state index in [1.165, 1.54) is 51.4 Å². The van der Waals surface area contributed by atoms with Crippen LogP contribution in [0, 0.1) is 0 Å². The predicted molar refractivity (Wildman–Crippen MR) is 71.9 cm³/mol. The maximum absolute atomic E-state index is 4.10. The van der Waals surface area contributed by atoms with Gasteiger partial charge in [0.1, 0.15) is 0 Å². The van der Waals surface area contributed by atoms with Crippen LogP contribution in [-0.4, -0.2) is 41.0 Å². The molecule has 0 aromatic carbocycles. The van der Waals surface area contributed by atoms with E-state index < -0.39 is 0 Å². The first-order valence-electron chi connectivity index (χ1n) is 7.45. The molecule has 1 aliphatic heterocycles. The summed E-state index contributed by atoms with van der Waals surface area (Å²) in [6.45, 7) is 4.10. The van der Waals surface area contributed by atoms with Gasteiger partial charge < -0.3 is 4.90 Å². The van der Waals surface area contributed by atoms with Crippen LogP contribution in [0.3, 0.4) is 0 Å². The Bertz CT molecular complexity index is 265. The minimum atomic E-state index is 0.755. The van der Waals surface area contributed by atoms with Gasteiger partial charge in [0.2, 0.25) is 0 Å². The van der Waals surface area contributed by atoms with Gasteiger partial charge in [-0.3, -0.25) is 4.90 Å². The van der Waals surface area contributed by atoms with Crippen LogP contribution in [0.25, 0.3) is 0 Å². The number of likely N-dealkylation sites (N-methyl/N-ethyl adjacent to an activating group) is 1. The molecule has 0 aromatic rings. The van der Waals surface area contributed by atoms with Gasteiger partial charge in [0, 0.05) is 24.2 Å². The molecule has 0 bridgehead atoms. The molecule has 1 heterocycles. The van der Waals surface area contributed by atoms with Crippen molar-refractivity contribution < 1.29 is 0 Å². The van der Waals surface area contributed by atoms with Gasteiger partial charge in [-0.1, -0.05) is 32.3 Å². The van der Waals surface area contributed by atoms with Crippen molar-refractivity contribution in [1.82, 2.24) is 9.80 Å². The fraction of sp³-hybridized carbons (Fsp3) is 0.867. The van der Waals surface area contributed by atoms with Crippen molar-refractivity contribution in [2.75, 3.05) is 7.05 Å². The summed E-state index contributed by atoms with van der Waals surface area (Å²) in [5.41, 5.74) is 0. The second-order valence-corrected chi connectivity index (χ2v) is 6.13. The lowest BCUT2D eigenvalue weighted by Gasteiger charge is -2.58. The van der Waals surface area contributed by atoms with Crippen LogP contribution in [-0.2, 0) is 0 Å². The topological polar surface area (TPSA) is 6.48 Å². The maximum atomic E-state index is 4.10. The molecule has 3 fully saturated rings. The minimum Gasteiger partial charge on any atom is -0.369 e. The van der Waals surface area contributed by atoms with Crippen molar-refractivity contribution >= 4 is 0 Å². The first kappa shape index (κ1) is 11.6. The van der Waals surface area contributed by atoms with E-state index in [0.717, 1.165) is 24.2 Å². The molecule has 0 spiro atoms. The highest BCUT2D eigenvalue weighted by atomic mass is 15.3. The van der Waals surface area contributed by atoms with Crippen molar-refractivity contribution in [1.29, 1.82) is 0 Å². The normalized spacial score (nSPS) is 42.8. The summed E-state index contributed by atoms with van der Waals surface area (Å²) < 4.78 is 0. The van der Waals surface area contributed by atoms with Crippen LogP contribution in [0.15, 0.2) is 12.8 Å². The van der Waals surface area contributed by atoms with E-state index in [1.807, 2.05) is 0 Å². The van der Waals surface area contributed by atoms with E-state index in [0.29, 0.717) is 0 Å². The minimum absolute atomic E-state index is 0.755. The third kappa shape index (κ3) is 1.81. The predicted octanol–water partition coefficient (Wildman–Crippen LogP) is 3.00. The van der Waals surface area contributed by atoms with Crippen molar-refractivity contribution in [3.63, 3.8) is 0 Å². The van der Waals surface area contributed by atoms with Crippen molar-refractivity contribution in [2.45, 2.75) is 75.5 Å². The molecule has 17 heavy (non-hydrogen) atoms. The Morgan fingerprint density at radius 3 is 1.65 bits per heavy atom. The summed E-state index contributed by atoms with van der Waals surface area (Å²) in [6.07, 6.45) is 13.4. The summed E-state index contributed by atoms with van der Waals surface area (Å²) >= 11 is 0. The Labute approximate surface area is 106 Å². The molecule has 2 saturated carbocycles. The van der Waals surface area contributed by atoms with E-state index in [4.69, 9.17) is 0 Å². The number of nitrogens with zero attached hydrogens (tertiary/aromatic N) is 2. The highest BCUT2D eigenvalue weighted by molar-refractivity contribution is 5.05. The zero-order valence-corrected chi connectivity index (χ0v) is 11.1. The van der Waals surface area contributed by atoms with E-state index in [2.05, 4.69) is 29.6 Å². The maximum Gasteiger partial charge on any atom is 0.0443 e. The van der Waals surface area contributed by atoms with Crippen molar-refractivity contribution in [3.05, 3.63) is 12.8 Å². The Morgan fingerprint density at radius 2 is 1.24 bits per heavy atom. The average Bonchev–Trinajstić information content (AvgIpc) is 2.40. The molecule has 2 aliphatic carbocycles. The summed E-state index contributed by atoms with van der Waals surface area (Å²) in [5, 5.41) is 0. The number of rotatable bonds is 1. The van der Waals surface area contributed by atoms with Gasteiger partial charge in [-0.25, -0.2) is 0 Å². The molecule has 0 radical (unpaired) electrons. The SMILES string of the molecule is C=CN1C2CCCCC2N(C)C2CCCCC21. The largest absolute Gasteiger partial charge is 0.369 e. The first-order valence-corrected chi connectivity index (χ1v) is 7.45. The van der Waals surface area contributed by atoms with Gasteiger partial charge in [0.15, 0.2) is 0 Å². The first-order chi connectivity index (χ1) is 8.33. The van der Waals surface area contributed by atoms with Crippen molar-refractivity contribution in [2.24, 2.45) is 0 Å². The van der Waals surface area contributed by atoms with Crippen LogP contribution in [0.1, 0.15) is 51.4 Å². The molecule has 1 saturated heterocycles. The fourth-order valence-electron chi connectivity index (χ4n) is 4.59. The summed E-state index contributed by atoms with van der Waals surface area (Å²) in [7, 11) is 2.38. The van der Waals surface area contributed by atoms with Gasteiger partial charge in [0.25, 0.3) is 0 Å². The average molecular weight is 234 g/mol. The zero-order valence-electron chi connectivity index (χ0n) is 11.1. The fourth-order valence-corrected chi connectivity index (χ4v) is 4.59. The Morgan fingerprint density at radius 1 is 0.824 bits per heavy atom. The quantitative estimate of drug-likeness (QED) is 0.688.